The predicted molar refractivity (Wildman–Crippen MR) is 84.1 cm³/mol. The molecule has 5 nitrogen and oxygen atoms in total. The zero-order valence-corrected chi connectivity index (χ0v) is 14.2. The van der Waals surface area contributed by atoms with E-state index in [1.165, 1.54) is 12.8 Å². The van der Waals surface area contributed by atoms with Crippen molar-refractivity contribution < 1.29 is 14.3 Å². The largest absolute Gasteiger partial charge is 0.444 e. The van der Waals surface area contributed by atoms with Gasteiger partial charge in [-0.05, 0) is 39.5 Å². The Balaban J connectivity index is 1.94. The number of hydrogen-bond acceptors (Lipinski definition) is 4. The summed E-state index contributed by atoms with van der Waals surface area (Å²) in [5.74, 6) is 1.65. The van der Waals surface area contributed by atoms with Gasteiger partial charge in [0.1, 0.15) is 11.6 Å². The van der Waals surface area contributed by atoms with E-state index >= 15 is 0 Å². The standard InChI is InChI=1S/C15H26N2O3S/c1-10-6-5-7-11(10)16-13(18)12-8-21-9-17(12)14(19)20-15(2,3)4/h10-12H,5-9H2,1-4H3,(H,16,18)/t10-,11+,12-/m1/s1. The van der Waals surface area contributed by atoms with Crippen LogP contribution in [0.4, 0.5) is 4.79 Å². The molecule has 0 aromatic carbocycles. The van der Waals surface area contributed by atoms with Crippen LogP contribution in [0, 0.1) is 5.92 Å². The lowest BCUT2D eigenvalue weighted by molar-refractivity contribution is -0.126. The van der Waals surface area contributed by atoms with Gasteiger partial charge in [-0.1, -0.05) is 13.3 Å². The van der Waals surface area contributed by atoms with Crippen LogP contribution in [0.3, 0.4) is 0 Å². The monoisotopic (exact) mass is 314 g/mol. The first-order valence-electron chi connectivity index (χ1n) is 7.65. The van der Waals surface area contributed by atoms with Crippen LogP contribution < -0.4 is 5.32 Å². The van der Waals surface area contributed by atoms with Gasteiger partial charge in [0.2, 0.25) is 5.91 Å². The predicted octanol–water partition coefficient (Wildman–Crippen LogP) is 2.60. The highest BCUT2D eigenvalue weighted by Crippen LogP contribution is 2.27. The number of hydrogen-bond donors (Lipinski definition) is 1. The van der Waals surface area contributed by atoms with Crippen molar-refractivity contribution in [3.05, 3.63) is 0 Å². The van der Waals surface area contributed by atoms with Crippen molar-refractivity contribution in [3.63, 3.8) is 0 Å². The van der Waals surface area contributed by atoms with Gasteiger partial charge in [0.05, 0.1) is 5.88 Å². The van der Waals surface area contributed by atoms with Crippen LogP contribution >= 0.6 is 11.8 Å². The molecule has 2 aliphatic rings. The molecule has 3 atom stereocenters. The van der Waals surface area contributed by atoms with E-state index < -0.39 is 17.7 Å². The third kappa shape index (κ3) is 4.28. The van der Waals surface area contributed by atoms with Gasteiger partial charge in [-0.25, -0.2) is 4.79 Å². The number of ether oxygens (including phenoxy) is 1. The van der Waals surface area contributed by atoms with Gasteiger partial charge in [-0.3, -0.25) is 9.69 Å². The van der Waals surface area contributed by atoms with Crippen molar-refractivity contribution in [3.8, 4) is 0 Å². The molecule has 1 aliphatic carbocycles. The fourth-order valence-electron chi connectivity index (χ4n) is 2.80. The molecule has 2 amide bonds. The van der Waals surface area contributed by atoms with Crippen molar-refractivity contribution in [2.75, 3.05) is 11.6 Å². The van der Waals surface area contributed by atoms with Crippen LogP contribution in [0.1, 0.15) is 47.0 Å². The molecule has 6 heteroatoms. The molecule has 1 aliphatic heterocycles. The second kappa shape index (κ2) is 6.46. The fourth-order valence-corrected chi connectivity index (χ4v) is 3.94. The van der Waals surface area contributed by atoms with Crippen LogP contribution in [-0.2, 0) is 9.53 Å². The van der Waals surface area contributed by atoms with Crippen molar-refractivity contribution in [2.45, 2.75) is 64.6 Å². The molecule has 0 radical (unpaired) electrons. The second-order valence-electron chi connectivity index (χ2n) is 6.99. The van der Waals surface area contributed by atoms with E-state index in [0.717, 1.165) is 6.42 Å². The Kier molecular flexibility index (Phi) is 5.07. The van der Waals surface area contributed by atoms with E-state index in [1.54, 1.807) is 16.7 Å². The maximum absolute atomic E-state index is 12.5. The smallest absolute Gasteiger partial charge is 0.411 e. The molecule has 2 fully saturated rings. The molecule has 2 rings (SSSR count). The topological polar surface area (TPSA) is 58.6 Å². The highest BCUT2D eigenvalue weighted by molar-refractivity contribution is 7.99. The Morgan fingerprint density at radius 1 is 1.29 bits per heavy atom. The van der Waals surface area contributed by atoms with E-state index in [4.69, 9.17) is 4.74 Å². The van der Waals surface area contributed by atoms with E-state index in [0.29, 0.717) is 17.5 Å². The summed E-state index contributed by atoms with van der Waals surface area (Å²) in [6.45, 7) is 7.68. The molecule has 21 heavy (non-hydrogen) atoms. The Hall–Kier alpha value is -0.910. The highest BCUT2D eigenvalue weighted by atomic mass is 32.2. The van der Waals surface area contributed by atoms with E-state index in [9.17, 15) is 9.59 Å². The minimum Gasteiger partial charge on any atom is -0.444 e. The Bertz CT molecular complexity index is 408. The SMILES string of the molecule is C[C@@H]1CCC[C@@H]1NC(=O)[C@H]1CSCN1C(=O)OC(C)(C)C. The molecule has 1 saturated heterocycles. The maximum Gasteiger partial charge on any atom is 0.411 e. The molecule has 0 spiro atoms. The quantitative estimate of drug-likeness (QED) is 0.851. The van der Waals surface area contributed by atoms with Crippen LogP contribution in [0.25, 0.3) is 0 Å². The minimum atomic E-state index is -0.536. The van der Waals surface area contributed by atoms with E-state index in [1.807, 2.05) is 20.8 Å². The van der Waals surface area contributed by atoms with Gasteiger partial charge in [-0.2, -0.15) is 0 Å². The molecule has 0 aromatic heterocycles. The molecule has 0 unspecified atom stereocenters. The molecule has 0 bridgehead atoms. The van der Waals surface area contributed by atoms with Gasteiger partial charge in [0.25, 0.3) is 0 Å². The average molecular weight is 314 g/mol. The molecular weight excluding hydrogens is 288 g/mol. The first-order valence-corrected chi connectivity index (χ1v) is 8.81. The molecule has 0 aromatic rings. The summed E-state index contributed by atoms with van der Waals surface area (Å²) in [5, 5.41) is 3.12. The van der Waals surface area contributed by atoms with Crippen molar-refractivity contribution in [1.82, 2.24) is 10.2 Å². The normalized spacial score (nSPS) is 29.5. The summed E-state index contributed by atoms with van der Waals surface area (Å²) in [5.41, 5.74) is -0.536. The Labute approximate surface area is 131 Å². The number of amides is 2. The summed E-state index contributed by atoms with van der Waals surface area (Å²) in [6.07, 6.45) is 2.98. The van der Waals surface area contributed by atoms with Crippen LogP contribution in [0.5, 0.6) is 0 Å². The third-order valence-electron chi connectivity index (χ3n) is 4.00. The molecular formula is C15H26N2O3S. The molecule has 1 N–H and O–H groups in total. The van der Waals surface area contributed by atoms with Gasteiger partial charge in [0, 0.05) is 11.8 Å². The first kappa shape index (κ1) is 16.5. The zero-order chi connectivity index (χ0) is 15.6. The molecule has 120 valence electrons. The number of carbonyl (C=O) groups is 2. The van der Waals surface area contributed by atoms with Gasteiger partial charge in [-0.15, -0.1) is 11.8 Å². The number of rotatable bonds is 2. The summed E-state index contributed by atoms with van der Waals surface area (Å²) >= 11 is 1.60. The average Bonchev–Trinajstić information content (AvgIpc) is 2.96. The van der Waals surface area contributed by atoms with E-state index in [-0.39, 0.29) is 11.9 Å². The Morgan fingerprint density at radius 2 is 2.00 bits per heavy atom. The van der Waals surface area contributed by atoms with Gasteiger partial charge < -0.3 is 10.1 Å². The number of nitrogens with zero attached hydrogens (tertiary/aromatic N) is 1. The Morgan fingerprint density at radius 3 is 2.57 bits per heavy atom. The zero-order valence-electron chi connectivity index (χ0n) is 13.3. The van der Waals surface area contributed by atoms with Gasteiger partial charge >= 0.3 is 6.09 Å². The van der Waals surface area contributed by atoms with Crippen molar-refractivity contribution in [2.24, 2.45) is 5.92 Å². The highest BCUT2D eigenvalue weighted by Gasteiger charge is 2.38. The number of thioether (sulfide) groups is 1. The van der Waals surface area contributed by atoms with Gasteiger partial charge in [0.15, 0.2) is 0 Å². The summed E-state index contributed by atoms with van der Waals surface area (Å²) < 4.78 is 5.39. The molecule has 1 heterocycles. The van der Waals surface area contributed by atoms with E-state index in [2.05, 4.69) is 12.2 Å². The summed E-state index contributed by atoms with van der Waals surface area (Å²) in [6, 6.07) is -0.152. The lowest BCUT2D eigenvalue weighted by Crippen LogP contribution is -2.51. The summed E-state index contributed by atoms with van der Waals surface area (Å²) in [7, 11) is 0. The summed E-state index contributed by atoms with van der Waals surface area (Å²) in [4.78, 5) is 26.2. The second-order valence-corrected chi connectivity index (χ2v) is 7.99. The van der Waals surface area contributed by atoms with Crippen molar-refractivity contribution >= 4 is 23.8 Å². The van der Waals surface area contributed by atoms with Crippen LogP contribution in [-0.4, -0.2) is 46.2 Å². The lowest BCUT2D eigenvalue weighted by atomic mass is 10.1. The fraction of sp³-hybridized carbons (Fsp3) is 0.867. The minimum absolute atomic E-state index is 0.0374. The van der Waals surface area contributed by atoms with Crippen LogP contribution in [0.15, 0.2) is 0 Å². The third-order valence-corrected chi connectivity index (χ3v) is 5.01. The maximum atomic E-state index is 12.5. The number of nitrogens with one attached hydrogen (secondary N) is 1. The lowest BCUT2D eigenvalue weighted by Gasteiger charge is -2.28. The molecule has 1 saturated carbocycles. The first-order chi connectivity index (χ1) is 9.78. The van der Waals surface area contributed by atoms with Crippen LogP contribution in [0.2, 0.25) is 0 Å². The van der Waals surface area contributed by atoms with Crippen molar-refractivity contribution in [1.29, 1.82) is 0 Å². The number of carbonyl (C=O) groups excluding carboxylic acids is 2.